The summed E-state index contributed by atoms with van der Waals surface area (Å²) in [5.41, 5.74) is 0.420. The van der Waals surface area contributed by atoms with E-state index in [1.54, 1.807) is 34.7 Å². The Balaban J connectivity index is 1.64. The summed E-state index contributed by atoms with van der Waals surface area (Å²) in [5.74, 6) is -1.47. The molecule has 0 aliphatic heterocycles. The second kappa shape index (κ2) is 8.90. The first-order chi connectivity index (χ1) is 14.6. The monoisotopic (exact) mass is 456 g/mol. The molecule has 0 radical (unpaired) electrons. The van der Waals surface area contributed by atoms with Crippen LogP contribution >= 0.6 is 34.0 Å². The first-order valence-electron chi connectivity index (χ1n) is 8.36. The molecule has 0 unspecified atom stereocenters. The van der Waals surface area contributed by atoms with Crippen LogP contribution in [0.1, 0.15) is 31.1 Å². The quantitative estimate of drug-likeness (QED) is 0.405. The molecule has 3 N–H and O–H groups in total. The van der Waals surface area contributed by atoms with E-state index < -0.39 is 17.7 Å². The van der Waals surface area contributed by atoms with Gasteiger partial charge in [0.25, 0.3) is 17.7 Å². The molecule has 3 amide bonds. The van der Waals surface area contributed by atoms with Gasteiger partial charge in [0, 0.05) is 51.4 Å². The summed E-state index contributed by atoms with van der Waals surface area (Å²) in [7, 11) is 0. The number of amides is 3. The van der Waals surface area contributed by atoms with E-state index in [1.165, 1.54) is 52.2 Å². The largest absolute Gasteiger partial charge is 0.298 e. The highest BCUT2D eigenvalue weighted by molar-refractivity contribution is 7.14. The average Bonchev–Trinajstić information content (AvgIpc) is 3.51. The number of nitrogens with zero attached hydrogens (tertiary/aromatic N) is 3. The second-order valence-corrected chi connectivity index (χ2v) is 8.36. The number of thiazole rings is 3. The van der Waals surface area contributed by atoms with Gasteiger partial charge in [0.05, 0.1) is 0 Å². The van der Waals surface area contributed by atoms with Crippen molar-refractivity contribution in [2.45, 2.75) is 0 Å². The lowest BCUT2D eigenvalue weighted by atomic mass is 10.0. The number of anilines is 3. The van der Waals surface area contributed by atoms with Crippen LogP contribution in [0.25, 0.3) is 0 Å². The average molecular weight is 457 g/mol. The van der Waals surface area contributed by atoms with Gasteiger partial charge in [-0.2, -0.15) is 0 Å². The van der Waals surface area contributed by atoms with Crippen molar-refractivity contribution in [2.75, 3.05) is 16.0 Å². The van der Waals surface area contributed by atoms with Crippen LogP contribution in [0.5, 0.6) is 0 Å². The highest BCUT2D eigenvalue weighted by Crippen LogP contribution is 2.19. The Kier molecular flexibility index (Phi) is 5.88. The minimum Gasteiger partial charge on any atom is -0.298 e. The molecule has 0 saturated carbocycles. The summed E-state index contributed by atoms with van der Waals surface area (Å²) in [4.78, 5) is 50.0. The molecule has 4 rings (SSSR count). The predicted molar refractivity (Wildman–Crippen MR) is 117 cm³/mol. The number of nitrogens with one attached hydrogen (secondary N) is 3. The first kappa shape index (κ1) is 19.8. The summed E-state index contributed by atoms with van der Waals surface area (Å²) in [6, 6.07) is 4.23. The molecule has 30 heavy (non-hydrogen) atoms. The Morgan fingerprint density at radius 3 is 1.10 bits per heavy atom. The number of hydrogen-bond acceptors (Lipinski definition) is 9. The molecule has 4 aromatic rings. The normalized spacial score (nSPS) is 10.4. The molecule has 0 aliphatic rings. The maximum atomic E-state index is 12.7. The van der Waals surface area contributed by atoms with Crippen molar-refractivity contribution in [1.82, 2.24) is 15.0 Å². The Hall–Kier alpha value is -3.48. The molecule has 1 aromatic carbocycles. The van der Waals surface area contributed by atoms with E-state index in [0.717, 1.165) is 0 Å². The number of carbonyl (C=O) groups is 3. The summed E-state index contributed by atoms with van der Waals surface area (Å²) >= 11 is 3.77. The van der Waals surface area contributed by atoms with Gasteiger partial charge < -0.3 is 0 Å². The molecule has 150 valence electrons. The minimum absolute atomic E-state index is 0.140. The molecule has 3 heterocycles. The van der Waals surface area contributed by atoms with Crippen LogP contribution in [0.15, 0.2) is 52.9 Å². The van der Waals surface area contributed by atoms with Crippen molar-refractivity contribution in [3.05, 3.63) is 69.6 Å². The Labute approximate surface area is 181 Å². The molecule has 0 atom stereocenters. The number of hydrogen-bond donors (Lipinski definition) is 3. The van der Waals surface area contributed by atoms with Gasteiger partial charge in [-0.1, -0.05) is 0 Å². The highest BCUT2D eigenvalue weighted by Gasteiger charge is 2.18. The predicted octanol–water partition coefficient (Wildman–Crippen LogP) is 3.81. The Morgan fingerprint density at radius 1 is 0.567 bits per heavy atom. The van der Waals surface area contributed by atoms with Gasteiger partial charge in [0.1, 0.15) is 0 Å². The molecule has 0 spiro atoms. The van der Waals surface area contributed by atoms with Gasteiger partial charge in [-0.15, -0.1) is 34.0 Å². The topological polar surface area (TPSA) is 126 Å². The van der Waals surface area contributed by atoms with Gasteiger partial charge in [0.2, 0.25) is 0 Å². The van der Waals surface area contributed by atoms with Crippen LogP contribution < -0.4 is 16.0 Å². The molecular weight excluding hydrogens is 444 g/mol. The fraction of sp³-hybridized carbons (Fsp3) is 0. The van der Waals surface area contributed by atoms with Crippen molar-refractivity contribution < 1.29 is 14.4 Å². The van der Waals surface area contributed by atoms with Crippen LogP contribution in [0.2, 0.25) is 0 Å². The molecule has 12 heteroatoms. The molecule has 3 aromatic heterocycles. The Bertz CT molecular complexity index is 1010. The van der Waals surface area contributed by atoms with E-state index in [2.05, 4.69) is 30.9 Å². The fourth-order valence-electron chi connectivity index (χ4n) is 2.38. The van der Waals surface area contributed by atoms with Crippen LogP contribution in [-0.4, -0.2) is 32.7 Å². The lowest BCUT2D eigenvalue weighted by Crippen LogP contribution is -2.19. The number of carbonyl (C=O) groups excluding carboxylic acids is 3. The molecular formula is C18H12N6O3S3. The lowest BCUT2D eigenvalue weighted by Gasteiger charge is -2.09. The Morgan fingerprint density at radius 2 is 0.867 bits per heavy atom. The molecule has 0 saturated heterocycles. The standard InChI is InChI=1S/C18H12N6O3S3/c25-13(22-16-19-1-4-28-16)10-7-11(14(26)23-17-20-2-5-29-17)9-12(8-10)15(27)24-18-21-3-6-30-18/h1-9H,(H,19,22,25)(H,20,23,26)(H,21,24,27). The van der Waals surface area contributed by atoms with Crippen molar-refractivity contribution in [3.8, 4) is 0 Å². The fourth-order valence-corrected chi connectivity index (χ4v) is 3.96. The van der Waals surface area contributed by atoms with Gasteiger partial charge in [-0.3, -0.25) is 30.3 Å². The second-order valence-electron chi connectivity index (χ2n) is 5.67. The SMILES string of the molecule is O=C(Nc1nccs1)c1cc(C(=O)Nc2nccs2)cc(C(=O)Nc2nccs2)c1. The minimum atomic E-state index is -0.489. The summed E-state index contributed by atoms with van der Waals surface area (Å²) in [5, 5.41) is 14.3. The van der Waals surface area contributed by atoms with Gasteiger partial charge >= 0.3 is 0 Å². The van der Waals surface area contributed by atoms with Crippen LogP contribution in [0.3, 0.4) is 0 Å². The van der Waals surface area contributed by atoms with Crippen LogP contribution in [-0.2, 0) is 0 Å². The van der Waals surface area contributed by atoms with E-state index >= 15 is 0 Å². The summed E-state index contributed by atoms with van der Waals surface area (Å²) in [6.07, 6.45) is 4.68. The lowest BCUT2D eigenvalue weighted by molar-refractivity contribution is 0.102. The molecule has 0 bridgehead atoms. The van der Waals surface area contributed by atoms with Crippen molar-refractivity contribution in [2.24, 2.45) is 0 Å². The highest BCUT2D eigenvalue weighted by atomic mass is 32.1. The zero-order chi connectivity index (χ0) is 20.9. The zero-order valence-electron chi connectivity index (χ0n) is 15.0. The third-order valence-corrected chi connectivity index (χ3v) is 5.74. The molecule has 9 nitrogen and oxygen atoms in total. The van der Waals surface area contributed by atoms with E-state index in [1.807, 2.05) is 0 Å². The number of aromatic nitrogens is 3. The summed E-state index contributed by atoms with van der Waals surface area (Å²) < 4.78 is 0. The molecule has 0 fully saturated rings. The van der Waals surface area contributed by atoms with E-state index in [-0.39, 0.29) is 16.7 Å². The third-order valence-electron chi connectivity index (χ3n) is 3.68. The van der Waals surface area contributed by atoms with E-state index in [0.29, 0.717) is 15.4 Å². The van der Waals surface area contributed by atoms with Gasteiger partial charge in [0.15, 0.2) is 15.4 Å². The maximum absolute atomic E-state index is 12.7. The van der Waals surface area contributed by atoms with Crippen LogP contribution in [0, 0.1) is 0 Å². The van der Waals surface area contributed by atoms with Crippen molar-refractivity contribution in [3.63, 3.8) is 0 Å². The maximum Gasteiger partial charge on any atom is 0.257 e. The van der Waals surface area contributed by atoms with E-state index in [9.17, 15) is 14.4 Å². The number of rotatable bonds is 6. The number of benzene rings is 1. The van der Waals surface area contributed by atoms with Crippen molar-refractivity contribution in [1.29, 1.82) is 0 Å². The van der Waals surface area contributed by atoms with Crippen LogP contribution in [0.4, 0.5) is 15.4 Å². The van der Waals surface area contributed by atoms with E-state index in [4.69, 9.17) is 0 Å². The zero-order valence-corrected chi connectivity index (χ0v) is 17.4. The smallest absolute Gasteiger partial charge is 0.257 e. The van der Waals surface area contributed by atoms with Gasteiger partial charge in [-0.05, 0) is 18.2 Å². The molecule has 0 aliphatic carbocycles. The van der Waals surface area contributed by atoms with Gasteiger partial charge in [-0.25, -0.2) is 15.0 Å². The first-order valence-corrected chi connectivity index (χ1v) is 11.0. The summed E-state index contributed by atoms with van der Waals surface area (Å²) in [6.45, 7) is 0. The van der Waals surface area contributed by atoms with Crippen molar-refractivity contribution >= 4 is 67.1 Å². The third kappa shape index (κ3) is 4.74.